The van der Waals surface area contributed by atoms with Gasteiger partial charge in [0.15, 0.2) is 11.5 Å². The van der Waals surface area contributed by atoms with Gasteiger partial charge in [-0.05, 0) is 41.5 Å². The fourth-order valence-electron chi connectivity index (χ4n) is 4.05. The molecule has 3 rings (SSSR count). The lowest BCUT2D eigenvalue weighted by Crippen LogP contribution is -2.60. The van der Waals surface area contributed by atoms with Crippen molar-refractivity contribution in [3.8, 4) is 17.2 Å². The Labute approximate surface area is 238 Å². The summed E-state index contributed by atoms with van der Waals surface area (Å²) in [6.07, 6.45) is -8.95. The van der Waals surface area contributed by atoms with Gasteiger partial charge in [-0.3, -0.25) is 0 Å². The van der Waals surface area contributed by atoms with Gasteiger partial charge in [-0.1, -0.05) is 18.2 Å². The smallest absolute Gasteiger partial charge is 0.348 e. The predicted octanol–water partition coefficient (Wildman–Crippen LogP) is -1.35. The third-order valence-corrected chi connectivity index (χ3v) is 6.36. The molecule has 0 bridgehead atoms. The van der Waals surface area contributed by atoms with Crippen LogP contribution in [0.4, 0.5) is 0 Å². The minimum atomic E-state index is -3.06. The molecule has 15 nitrogen and oxygen atoms in total. The number of phenols is 1. The summed E-state index contributed by atoms with van der Waals surface area (Å²) in [4.78, 5) is 36.2. The molecular weight excluding hydrogens is 564 g/mol. The predicted molar refractivity (Wildman–Crippen MR) is 138 cm³/mol. The highest BCUT2D eigenvalue weighted by atomic mass is 16.7. The second-order valence-corrected chi connectivity index (χ2v) is 9.29. The highest BCUT2D eigenvalue weighted by Gasteiger charge is 2.51. The van der Waals surface area contributed by atoms with Crippen molar-refractivity contribution in [1.82, 2.24) is 0 Å². The van der Waals surface area contributed by atoms with Gasteiger partial charge < -0.3 is 59.8 Å². The number of aliphatic carboxylic acids is 2. The molecule has 0 saturated carbocycles. The van der Waals surface area contributed by atoms with E-state index in [0.717, 1.165) is 6.08 Å². The van der Waals surface area contributed by atoms with Gasteiger partial charge in [0.1, 0.15) is 30.2 Å². The van der Waals surface area contributed by atoms with E-state index in [1.165, 1.54) is 55.7 Å². The second kappa shape index (κ2) is 13.6. The molecule has 15 heteroatoms. The number of esters is 1. The van der Waals surface area contributed by atoms with Crippen LogP contribution in [0.5, 0.6) is 17.2 Å². The number of carbonyl (C=O) groups excluding carboxylic acids is 1. The Morgan fingerprint density at radius 1 is 1.00 bits per heavy atom. The number of carboxylic acids is 2. The number of hydrogen-bond donors (Lipinski definition) is 8. The lowest BCUT2D eigenvalue weighted by molar-refractivity contribution is -0.277. The van der Waals surface area contributed by atoms with E-state index in [4.69, 9.17) is 18.9 Å². The van der Waals surface area contributed by atoms with Crippen LogP contribution in [0.2, 0.25) is 0 Å². The molecule has 1 aliphatic heterocycles. The maximum Gasteiger partial charge on any atom is 0.348 e. The highest BCUT2D eigenvalue weighted by molar-refractivity contribution is 5.93. The Hall–Kier alpha value is -4.25. The molecule has 0 aliphatic carbocycles. The Kier molecular flexibility index (Phi) is 10.5. The van der Waals surface area contributed by atoms with Crippen LogP contribution >= 0.6 is 0 Å². The van der Waals surface area contributed by atoms with Gasteiger partial charge in [0.2, 0.25) is 18.0 Å². The van der Waals surface area contributed by atoms with Crippen LogP contribution in [0.1, 0.15) is 11.1 Å². The molecule has 0 spiro atoms. The van der Waals surface area contributed by atoms with Crippen LogP contribution in [-0.2, 0) is 30.3 Å². The highest BCUT2D eigenvalue weighted by Crippen LogP contribution is 2.32. The van der Waals surface area contributed by atoms with Crippen molar-refractivity contribution < 1.29 is 74.2 Å². The Balaban J connectivity index is 1.75. The first-order valence-corrected chi connectivity index (χ1v) is 12.3. The lowest BCUT2D eigenvalue weighted by Gasteiger charge is -2.39. The van der Waals surface area contributed by atoms with Gasteiger partial charge in [-0.25, -0.2) is 14.4 Å². The molecule has 1 fully saturated rings. The summed E-state index contributed by atoms with van der Waals surface area (Å²) in [6.45, 7) is -0.662. The van der Waals surface area contributed by atoms with Crippen LogP contribution in [0.25, 0.3) is 6.08 Å². The van der Waals surface area contributed by atoms with E-state index in [9.17, 15) is 55.2 Å². The molecule has 1 saturated heterocycles. The molecule has 2 aromatic carbocycles. The largest absolute Gasteiger partial charge is 0.508 e. The molecular formula is C27H30O15. The molecule has 1 aliphatic rings. The zero-order valence-electron chi connectivity index (χ0n) is 22.0. The fraction of sp³-hybridized carbons (Fsp3) is 0.370. The summed E-state index contributed by atoms with van der Waals surface area (Å²) >= 11 is 0. The number of aliphatic hydroxyl groups excluding tert-OH is 4. The monoisotopic (exact) mass is 594 g/mol. The summed E-state index contributed by atoms with van der Waals surface area (Å²) in [6, 6.07) is 9.04. The third kappa shape index (κ3) is 7.33. The SMILES string of the molecule is COc1cc(/C=C/C(=O)O[C@H](C(=O)O)[C@](O)(Cc2ccc(O)cc2)C(=O)O)ccc1O[C@@H]1OC(CO)C(O)[C@@H](O)[C@@H]1O. The molecule has 8 N–H and O–H groups in total. The number of carbonyl (C=O) groups is 3. The maximum absolute atomic E-state index is 12.5. The number of methoxy groups -OCH3 is 1. The lowest BCUT2D eigenvalue weighted by atomic mass is 9.88. The second-order valence-electron chi connectivity index (χ2n) is 9.29. The van der Waals surface area contributed by atoms with Crippen LogP contribution in [0, 0.1) is 0 Å². The zero-order chi connectivity index (χ0) is 31.2. The van der Waals surface area contributed by atoms with Crippen LogP contribution < -0.4 is 9.47 Å². The van der Waals surface area contributed by atoms with Gasteiger partial charge >= 0.3 is 17.9 Å². The molecule has 228 valence electrons. The van der Waals surface area contributed by atoms with E-state index in [0.29, 0.717) is 0 Å². The number of carboxylic acid groups (broad SMARTS) is 2. The average Bonchev–Trinajstić information content (AvgIpc) is 2.96. The number of hydrogen-bond acceptors (Lipinski definition) is 13. The minimum absolute atomic E-state index is 0.00764. The molecule has 1 heterocycles. The zero-order valence-corrected chi connectivity index (χ0v) is 22.0. The van der Waals surface area contributed by atoms with Gasteiger partial charge in [-0.15, -0.1) is 0 Å². The molecule has 2 unspecified atom stereocenters. The van der Waals surface area contributed by atoms with Crippen molar-refractivity contribution in [2.24, 2.45) is 0 Å². The van der Waals surface area contributed by atoms with Crippen LogP contribution in [-0.4, -0.2) is 115 Å². The number of ether oxygens (including phenoxy) is 4. The summed E-state index contributed by atoms with van der Waals surface area (Å²) in [5.41, 5.74) is -2.62. The van der Waals surface area contributed by atoms with E-state index in [1.807, 2.05) is 0 Å². The maximum atomic E-state index is 12.5. The number of rotatable bonds is 12. The van der Waals surface area contributed by atoms with E-state index >= 15 is 0 Å². The van der Waals surface area contributed by atoms with Gasteiger partial charge in [-0.2, -0.15) is 0 Å². The first-order chi connectivity index (χ1) is 19.8. The van der Waals surface area contributed by atoms with Crippen LogP contribution in [0.15, 0.2) is 48.5 Å². The molecule has 7 atom stereocenters. The van der Waals surface area contributed by atoms with Gasteiger partial charge in [0.25, 0.3) is 0 Å². The quantitative estimate of drug-likeness (QED) is 0.104. The molecule has 0 aromatic heterocycles. The first-order valence-electron chi connectivity index (χ1n) is 12.3. The van der Waals surface area contributed by atoms with Crippen LogP contribution in [0.3, 0.4) is 0 Å². The fourth-order valence-corrected chi connectivity index (χ4v) is 4.05. The normalized spacial score (nSPS) is 24.4. The summed E-state index contributed by atoms with van der Waals surface area (Å²) in [5.74, 6) is -5.26. The van der Waals surface area contributed by atoms with Crippen molar-refractivity contribution in [1.29, 1.82) is 0 Å². The Morgan fingerprint density at radius 2 is 1.67 bits per heavy atom. The van der Waals surface area contributed by atoms with Crippen molar-refractivity contribution in [2.45, 2.75) is 48.8 Å². The first kappa shape index (κ1) is 32.3. The van der Waals surface area contributed by atoms with E-state index in [2.05, 4.69) is 0 Å². The van der Waals surface area contributed by atoms with Gasteiger partial charge in [0, 0.05) is 12.5 Å². The standard InChI is InChI=1S/C27H30O15/c1-39-17-10-13(4-8-16(17)40-25-22(33)21(32)20(31)18(12-28)41-25)5-9-19(30)42-23(24(34)35)27(38,26(36)37)11-14-2-6-15(29)7-3-14/h2-10,18,20-23,25,28-29,31-33,38H,11-12H2,1H3,(H,34,35)(H,36,37)/b9-5+/t18?,20?,21-,22+,23-,25-,27-/m1/s1. The number of aliphatic hydroxyl groups is 5. The molecule has 0 radical (unpaired) electrons. The summed E-state index contributed by atoms with van der Waals surface area (Å²) < 4.78 is 20.9. The van der Waals surface area contributed by atoms with Crippen molar-refractivity contribution in [2.75, 3.05) is 13.7 Å². The van der Waals surface area contributed by atoms with E-state index in [1.54, 1.807) is 0 Å². The average molecular weight is 595 g/mol. The van der Waals surface area contributed by atoms with E-state index < -0.39 is 73.3 Å². The minimum Gasteiger partial charge on any atom is -0.508 e. The molecule has 42 heavy (non-hydrogen) atoms. The topological polar surface area (TPSA) is 250 Å². The molecule has 2 aromatic rings. The molecule has 0 amide bonds. The Bertz CT molecular complexity index is 1290. The van der Waals surface area contributed by atoms with Crippen molar-refractivity contribution in [3.63, 3.8) is 0 Å². The number of phenolic OH excluding ortho intramolecular Hbond substituents is 1. The van der Waals surface area contributed by atoms with Crippen molar-refractivity contribution in [3.05, 3.63) is 59.7 Å². The number of benzene rings is 2. The number of aromatic hydroxyl groups is 1. The van der Waals surface area contributed by atoms with Gasteiger partial charge in [0.05, 0.1) is 13.7 Å². The van der Waals surface area contributed by atoms with Crippen molar-refractivity contribution >= 4 is 24.0 Å². The van der Waals surface area contributed by atoms with E-state index in [-0.39, 0.29) is 28.4 Å². The Morgan fingerprint density at radius 3 is 2.24 bits per heavy atom. The summed E-state index contributed by atoms with van der Waals surface area (Å²) in [5, 5.41) is 78.7. The summed E-state index contributed by atoms with van der Waals surface area (Å²) in [7, 11) is 1.27. The third-order valence-electron chi connectivity index (χ3n) is 6.36.